The molecule has 3 rings (SSSR count). The third kappa shape index (κ3) is 4.19. The Labute approximate surface area is 186 Å². The fourth-order valence-corrected chi connectivity index (χ4v) is 3.74. The summed E-state index contributed by atoms with van der Waals surface area (Å²) < 4.78 is 12.6. The Morgan fingerprint density at radius 1 is 1.09 bits per heavy atom. The Morgan fingerprint density at radius 2 is 1.75 bits per heavy atom. The maximum atomic E-state index is 12.2. The molecule has 170 valence electrons. The molecule has 1 aromatic heterocycles. The lowest BCUT2D eigenvalue weighted by atomic mass is 10.1. The number of nitrogens with zero attached hydrogens (tertiary/aromatic N) is 4. The third-order valence-electron chi connectivity index (χ3n) is 5.03. The number of hydrogen-bond donors (Lipinski definition) is 1. The van der Waals surface area contributed by atoms with E-state index in [4.69, 9.17) is 9.47 Å². The van der Waals surface area contributed by atoms with Crippen LogP contribution in [0.4, 0.5) is 5.69 Å². The van der Waals surface area contributed by atoms with Gasteiger partial charge in [-0.3, -0.25) is 10.1 Å². The summed E-state index contributed by atoms with van der Waals surface area (Å²) in [5, 5.41) is 23.1. The predicted octanol–water partition coefficient (Wildman–Crippen LogP) is 3.86. The van der Waals surface area contributed by atoms with Gasteiger partial charge in [0.15, 0.2) is 11.5 Å². The number of rotatable bonds is 8. The lowest BCUT2D eigenvalue weighted by Gasteiger charge is -2.17. The lowest BCUT2D eigenvalue weighted by molar-refractivity contribution is -0.383. The van der Waals surface area contributed by atoms with Crippen LogP contribution in [0.25, 0.3) is 22.7 Å². The summed E-state index contributed by atoms with van der Waals surface area (Å²) in [5.74, 6) is 0.881. The topological polar surface area (TPSA) is 93.2 Å². The molecule has 9 heteroatoms. The van der Waals surface area contributed by atoms with Crippen LogP contribution in [-0.4, -0.2) is 66.8 Å². The van der Waals surface area contributed by atoms with Gasteiger partial charge in [0, 0.05) is 38.5 Å². The Hall–Kier alpha value is -3.72. The molecule has 1 heterocycles. The van der Waals surface area contributed by atoms with Crippen molar-refractivity contribution in [3.63, 3.8) is 0 Å². The van der Waals surface area contributed by atoms with E-state index in [-0.39, 0.29) is 16.4 Å². The molecule has 0 amide bonds. The number of aromatic nitrogens is 1. The van der Waals surface area contributed by atoms with Gasteiger partial charge in [-0.15, -0.1) is 0 Å². The van der Waals surface area contributed by atoms with Crippen LogP contribution >= 0.6 is 0 Å². The molecule has 0 aliphatic heterocycles. The summed E-state index contributed by atoms with van der Waals surface area (Å²) in [5.41, 5.74) is 2.38. The minimum Gasteiger partial charge on any atom is -0.504 e. The zero-order valence-electron chi connectivity index (χ0n) is 19.1. The molecule has 2 aromatic carbocycles. The highest BCUT2D eigenvalue weighted by atomic mass is 16.6. The van der Waals surface area contributed by atoms with Crippen LogP contribution in [0.2, 0.25) is 0 Å². The molecule has 0 unspecified atom stereocenters. The fraction of sp³-hybridized carbons (Fsp3) is 0.304. The average Bonchev–Trinajstić information content (AvgIpc) is 3.06. The number of phenolic OH excluding ortho intramolecular Hbond substituents is 1. The van der Waals surface area contributed by atoms with E-state index in [0.29, 0.717) is 40.3 Å². The van der Waals surface area contributed by atoms with Crippen LogP contribution in [0.1, 0.15) is 11.3 Å². The van der Waals surface area contributed by atoms with Crippen molar-refractivity contribution in [2.75, 3.05) is 42.4 Å². The van der Waals surface area contributed by atoms with Crippen molar-refractivity contribution in [2.24, 2.45) is 0 Å². The normalized spacial score (nSPS) is 11.5. The number of hydrogen-bond acceptors (Lipinski definition) is 7. The van der Waals surface area contributed by atoms with Gasteiger partial charge in [-0.05, 0) is 44.4 Å². The van der Waals surface area contributed by atoms with Gasteiger partial charge in [0.1, 0.15) is 11.4 Å². The fourth-order valence-electron chi connectivity index (χ4n) is 3.74. The summed E-state index contributed by atoms with van der Waals surface area (Å²) >= 11 is 0. The van der Waals surface area contributed by atoms with Crippen LogP contribution in [0, 0.1) is 10.1 Å². The summed E-state index contributed by atoms with van der Waals surface area (Å²) in [4.78, 5) is 15.6. The van der Waals surface area contributed by atoms with Gasteiger partial charge < -0.3 is 28.9 Å². The maximum absolute atomic E-state index is 12.2. The smallest absolute Gasteiger partial charge is 0.302 e. The lowest BCUT2D eigenvalue weighted by Crippen LogP contribution is -2.13. The monoisotopic (exact) mass is 440 g/mol. The summed E-state index contributed by atoms with van der Waals surface area (Å²) in [7, 11) is 10.6. The number of benzene rings is 2. The second-order valence-electron chi connectivity index (χ2n) is 7.84. The molecule has 0 radical (unpaired) electrons. The van der Waals surface area contributed by atoms with Gasteiger partial charge in [0.25, 0.3) is 0 Å². The first-order valence-corrected chi connectivity index (χ1v) is 9.95. The predicted molar refractivity (Wildman–Crippen MR) is 125 cm³/mol. The minimum absolute atomic E-state index is 0.0175. The SMILES string of the molecule is COc1ccc(-n2c(C=CN(C)C)c([N+](=O)[O-])c3ccc(OC)c(CN(C)C)c32)cc1O. The molecule has 0 saturated heterocycles. The Morgan fingerprint density at radius 3 is 2.28 bits per heavy atom. The molecule has 0 saturated carbocycles. The van der Waals surface area contributed by atoms with Gasteiger partial charge in [-0.1, -0.05) is 0 Å². The van der Waals surface area contributed by atoms with Crippen LogP contribution in [0.3, 0.4) is 0 Å². The van der Waals surface area contributed by atoms with E-state index in [1.54, 1.807) is 53.1 Å². The highest BCUT2D eigenvalue weighted by Crippen LogP contribution is 2.42. The van der Waals surface area contributed by atoms with Crippen LogP contribution in [0.5, 0.6) is 17.2 Å². The summed E-state index contributed by atoms with van der Waals surface area (Å²) in [6.07, 6.45) is 3.45. The van der Waals surface area contributed by atoms with E-state index in [0.717, 1.165) is 5.56 Å². The van der Waals surface area contributed by atoms with Crippen molar-refractivity contribution in [1.29, 1.82) is 0 Å². The van der Waals surface area contributed by atoms with Crippen LogP contribution in [-0.2, 0) is 6.54 Å². The third-order valence-corrected chi connectivity index (χ3v) is 5.03. The number of phenols is 1. The molecule has 0 aliphatic carbocycles. The first kappa shape index (κ1) is 23.0. The molecule has 0 atom stereocenters. The number of ether oxygens (including phenoxy) is 2. The summed E-state index contributed by atoms with van der Waals surface area (Å²) in [6, 6.07) is 8.39. The molecule has 9 nitrogen and oxygen atoms in total. The van der Waals surface area contributed by atoms with Crippen molar-refractivity contribution < 1.29 is 19.5 Å². The first-order valence-electron chi connectivity index (χ1n) is 9.95. The van der Waals surface area contributed by atoms with Crippen molar-refractivity contribution in [2.45, 2.75) is 6.54 Å². The van der Waals surface area contributed by atoms with Crippen molar-refractivity contribution in [3.8, 4) is 22.9 Å². The second kappa shape index (κ2) is 9.19. The molecule has 0 fully saturated rings. The number of aromatic hydroxyl groups is 1. The molecule has 1 N–H and O–H groups in total. The van der Waals surface area contributed by atoms with Crippen LogP contribution < -0.4 is 9.47 Å². The molecule has 32 heavy (non-hydrogen) atoms. The molecule has 0 spiro atoms. The van der Waals surface area contributed by atoms with Gasteiger partial charge in [0.05, 0.1) is 35.7 Å². The van der Waals surface area contributed by atoms with Crippen molar-refractivity contribution in [1.82, 2.24) is 14.4 Å². The zero-order chi connectivity index (χ0) is 23.6. The number of fused-ring (bicyclic) bond motifs is 1. The average molecular weight is 441 g/mol. The summed E-state index contributed by atoms with van der Waals surface area (Å²) in [6.45, 7) is 0.501. The van der Waals surface area contributed by atoms with E-state index in [1.165, 1.54) is 13.2 Å². The number of methoxy groups -OCH3 is 2. The molecular formula is C23H28N4O5. The van der Waals surface area contributed by atoms with Gasteiger partial charge in [-0.2, -0.15) is 0 Å². The second-order valence-corrected chi connectivity index (χ2v) is 7.84. The van der Waals surface area contributed by atoms with Gasteiger partial charge in [0.2, 0.25) is 0 Å². The highest BCUT2D eigenvalue weighted by molar-refractivity contribution is 5.99. The Kier molecular flexibility index (Phi) is 6.59. The maximum Gasteiger partial charge on any atom is 0.302 e. The van der Waals surface area contributed by atoms with Crippen LogP contribution in [0.15, 0.2) is 36.5 Å². The van der Waals surface area contributed by atoms with E-state index in [2.05, 4.69) is 0 Å². The largest absolute Gasteiger partial charge is 0.504 e. The van der Waals surface area contributed by atoms with E-state index in [9.17, 15) is 15.2 Å². The highest BCUT2D eigenvalue weighted by Gasteiger charge is 2.29. The van der Waals surface area contributed by atoms with Crippen molar-refractivity contribution in [3.05, 3.63) is 57.9 Å². The first-order chi connectivity index (χ1) is 15.2. The molecule has 3 aromatic rings. The van der Waals surface area contributed by atoms with E-state index in [1.807, 2.05) is 33.1 Å². The number of nitro groups is 1. The minimum atomic E-state index is -0.372. The zero-order valence-corrected chi connectivity index (χ0v) is 19.1. The molecule has 0 bridgehead atoms. The Balaban J connectivity index is 2.53. The quantitative estimate of drug-likeness (QED) is 0.420. The Bertz CT molecular complexity index is 1180. The standard InChI is InChI=1S/C23H28N4O5/c1-24(2)12-11-18-23(27(29)30)16-8-10-20(31-5)17(14-25(3)4)22(16)26(18)15-7-9-21(32-6)19(28)13-15/h7-13,28H,14H2,1-6H3. The van der Waals surface area contributed by atoms with Crippen molar-refractivity contribution >= 4 is 22.7 Å². The van der Waals surface area contributed by atoms with Gasteiger partial charge in [-0.25, -0.2) is 0 Å². The molecular weight excluding hydrogens is 412 g/mol. The van der Waals surface area contributed by atoms with E-state index < -0.39 is 0 Å². The molecule has 0 aliphatic rings. The van der Waals surface area contributed by atoms with E-state index >= 15 is 0 Å². The van der Waals surface area contributed by atoms with Gasteiger partial charge >= 0.3 is 5.69 Å².